The number of hydroxylamine groups is 3. The van der Waals surface area contributed by atoms with Gasteiger partial charge in [0, 0.05) is 12.8 Å². The lowest BCUT2D eigenvalue weighted by Gasteiger charge is -2.12. The van der Waals surface area contributed by atoms with Crippen molar-refractivity contribution >= 4 is 30.7 Å². The number of aliphatic imine (C=N–C) groups is 1. The summed E-state index contributed by atoms with van der Waals surface area (Å²) in [4.78, 5) is 56.1. The number of nitrogens with zero attached hydrogens (tertiary/aromatic N) is 2. The molecule has 0 bridgehead atoms. The molecule has 21 heavy (non-hydrogen) atoms. The Morgan fingerprint density at radius 2 is 2.05 bits per heavy atom. The first kappa shape index (κ1) is 16.6. The highest BCUT2D eigenvalue weighted by Gasteiger charge is 2.32. The molecule has 1 aliphatic heterocycles. The van der Waals surface area contributed by atoms with Crippen LogP contribution in [0, 0.1) is 0 Å². The van der Waals surface area contributed by atoms with Crippen LogP contribution in [0.4, 0.5) is 0 Å². The summed E-state index contributed by atoms with van der Waals surface area (Å²) in [6, 6.07) is 0. The molecule has 0 aromatic rings. The maximum absolute atomic E-state index is 11.3. The maximum atomic E-state index is 11.3. The number of hydrogen-bond acceptors (Lipinski definition) is 9. The lowest BCUT2D eigenvalue weighted by molar-refractivity contribution is -0.197. The highest BCUT2D eigenvalue weighted by molar-refractivity contribution is 6.01. The molecule has 1 heterocycles. The van der Waals surface area contributed by atoms with Crippen LogP contribution >= 0.6 is 0 Å². The van der Waals surface area contributed by atoms with E-state index in [2.05, 4.69) is 20.1 Å². The van der Waals surface area contributed by atoms with E-state index in [1.54, 1.807) is 0 Å². The van der Waals surface area contributed by atoms with Crippen molar-refractivity contribution in [1.29, 1.82) is 0 Å². The second kappa shape index (κ2) is 9.42. The van der Waals surface area contributed by atoms with Crippen LogP contribution in [0.25, 0.3) is 0 Å². The van der Waals surface area contributed by atoms with Gasteiger partial charge < -0.3 is 14.4 Å². The van der Waals surface area contributed by atoms with Gasteiger partial charge in [-0.15, -0.1) is 5.06 Å². The quantitative estimate of drug-likeness (QED) is 0.132. The number of carbonyl (C=O) groups excluding carboxylic acids is 4. The number of amides is 2. The Morgan fingerprint density at radius 3 is 2.71 bits per heavy atom. The Hall–Kier alpha value is -2.49. The Morgan fingerprint density at radius 1 is 1.33 bits per heavy atom. The zero-order valence-electron chi connectivity index (χ0n) is 11.1. The van der Waals surface area contributed by atoms with E-state index >= 15 is 0 Å². The van der Waals surface area contributed by atoms with Crippen molar-refractivity contribution in [3.05, 3.63) is 0 Å². The minimum absolute atomic E-state index is 0.00315. The van der Waals surface area contributed by atoms with Gasteiger partial charge >= 0.3 is 12.4 Å². The van der Waals surface area contributed by atoms with Crippen LogP contribution in [-0.4, -0.2) is 55.4 Å². The van der Waals surface area contributed by atoms with E-state index in [9.17, 15) is 19.2 Å². The third-order valence-corrected chi connectivity index (χ3v) is 2.25. The lowest BCUT2D eigenvalue weighted by Crippen LogP contribution is -2.32. The highest BCUT2D eigenvalue weighted by Crippen LogP contribution is 2.12. The molecule has 116 valence electrons. The first-order valence-corrected chi connectivity index (χ1v) is 6.13. The van der Waals surface area contributed by atoms with Gasteiger partial charge in [-0.2, -0.15) is 5.48 Å². The predicted octanol–water partition coefficient (Wildman–Crippen LogP) is -1.29. The Bertz CT molecular complexity index is 408. The van der Waals surface area contributed by atoms with Crippen molar-refractivity contribution in [2.75, 3.05) is 19.7 Å². The first-order chi connectivity index (χ1) is 10.1. The Balaban J connectivity index is 2.05. The summed E-state index contributed by atoms with van der Waals surface area (Å²) in [5, 5.41) is 0.481. The Kier molecular flexibility index (Phi) is 7.43. The number of carbonyl (C=O) groups is 4. The van der Waals surface area contributed by atoms with Crippen LogP contribution in [0.5, 0.6) is 0 Å². The molecule has 0 atom stereocenters. The average Bonchev–Trinajstić information content (AvgIpc) is 2.77. The van der Waals surface area contributed by atoms with E-state index in [4.69, 9.17) is 4.74 Å². The fourth-order valence-corrected chi connectivity index (χ4v) is 1.31. The fourth-order valence-electron chi connectivity index (χ4n) is 1.31. The van der Waals surface area contributed by atoms with Gasteiger partial charge in [-0.25, -0.2) is 4.79 Å². The molecule has 1 aliphatic rings. The van der Waals surface area contributed by atoms with Gasteiger partial charge in [-0.05, 0) is 0 Å². The summed E-state index contributed by atoms with van der Waals surface area (Å²) < 4.78 is 4.91. The second-order valence-corrected chi connectivity index (χ2v) is 3.79. The van der Waals surface area contributed by atoms with Crippen LogP contribution in [0.1, 0.15) is 19.3 Å². The molecule has 10 nitrogen and oxygen atoms in total. The van der Waals surface area contributed by atoms with Gasteiger partial charge in [0.25, 0.3) is 11.8 Å². The topological polar surface area (TPSA) is 124 Å². The zero-order valence-corrected chi connectivity index (χ0v) is 11.1. The van der Waals surface area contributed by atoms with E-state index in [0.717, 1.165) is 6.40 Å². The number of imide groups is 1. The molecule has 1 N–H and O–H groups in total. The lowest BCUT2D eigenvalue weighted by atomic mass is 10.4. The van der Waals surface area contributed by atoms with Crippen LogP contribution in [0.3, 0.4) is 0 Å². The molecule has 1 saturated heterocycles. The molecular formula is C11H15N3O7. The van der Waals surface area contributed by atoms with Crippen molar-refractivity contribution in [1.82, 2.24) is 10.5 Å². The maximum Gasteiger partial charge on any atom is 0.336 e. The van der Waals surface area contributed by atoms with Gasteiger partial charge in [0.15, 0.2) is 6.40 Å². The summed E-state index contributed by atoms with van der Waals surface area (Å²) in [5.41, 5.74) is 2.31. The zero-order chi connectivity index (χ0) is 15.5. The average molecular weight is 301 g/mol. The molecule has 0 saturated carbocycles. The van der Waals surface area contributed by atoms with Gasteiger partial charge in [0.05, 0.1) is 26.1 Å². The van der Waals surface area contributed by atoms with E-state index in [0.29, 0.717) is 18.2 Å². The third-order valence-electron chi connectivity index (χ3n) is 2.25. The van der Waals surface area contributed by atoms with Crippen LogP contribution in [-0.2, 0) is 33.6 Å². The van der Waals surface area contributed by atoms with E-state index in [-0.39, 0.29) is 32.3 Å². The normalized spacial score (nSPS) is 14.6. The first-order valence-electron chi connectivity index (χ1n) is 6.13. The van der Waals surface area contributed by atoms with Gasteiger partial charge in [-0.3, -0.25) is 19.4 Å². The molecule has 0 spiro atoms. The fraction of sp³-hybridized carbons (Fsp3) is 0.545. The molecule has 0 unspecified atom stereocenters. The van der Waals surface area contributed by atoms with Crippen molar-refractivity contribution < 1.29 is 33.6 Å². The van der Waals surface area contributed by atoms with Crippen molar-refractivity contribution in [3.63, 3.8) is 0 Å². The number of ether oxygens (including phenoxy) is 1. The molecule has 0 aromatic heterocycles. The highest BCUT2D eigenvalue weighted by atomic mass is 16.7. The van der Waals surface area contributed by atoms with Gasteiger partial charge in [0.2, 0.25) is 0 Å². The summed E-state index contributed by atoms with van der Waals surface area (Å²) in [7, 11) is 0. The molecule has 2 amide bonds. The summed E-state index contributed by atoms with van der Waals surface area (Å²) in [6.45, 7) is 0.882. The van der Waals surface area contributed by atoms with Crippen LogP contribution in [0.2, 0.25) is 0 Å². The number of hydrogen-bond donors (Lipinski definition) is 1. The van der Waals surface area contributed by atoms with Crippen LogP contribution < -0.4 is 5.48 Å². The SMILES string of the molecule is O=CONCCN=COCCC(=O)ON1C(=O)CCC1=O. The summed E-state index contributed by atoms with van der Waals surface area (Å²) in [5.74, 6) is -1.80. The standard InChI is InChI=1S/C11H15N3O7/c15-8-20-13-5-4-12-7-19-6-3-11(18)21-14-9(16)1-2-10(14)17/h7-8,13H,1-6H2. The molecule has 0 radical (unpaired) electrons. The molecule has 10 heteroatoms. The van der Waals surface area contributed by atoms with Crippen molar-refractivity contribution in [2.45, 2.75) is 19.3 Å². The monoisotopic (exact) mass is 301 g/mol. The molecule has 0 aliphatic carbocycles. The van der Waals surface area contributed by atoms with Crippen molar-refractivity contribution in [3.8, 4) is 0 Å². The van der Waals surface area contributed by atoms with E-state index in [1.165, 1.54) is 0 Å². The predicted molar refractivity (Wildman–Crippen MR) is 66.3 cm³/mol. The van der Waals surface area contributed by atoms with E-state index in [1.807, 2.05) is 0 Å². The third kappa shape index (κ3) is 6.47. The molecule has 1 rings (SSSR count). The summed E-state index contributed by atoms with van der Waals surface area (Å²) in [6.07, 6.45) is 1.12. The molecular weight excluding hydrogens is 286 g/mol. The summed E-state index contributed by atoms with van der Waals surface area (Å²) >= 11 is 0. The van der Waals surface area contributed by atoms with Gasteiger partial charge in [-0.1, -0.05) is 0 Å². The Labute approximate surface area is 119 Å². The molecule has 1 fully saturated rings. The minimum atomic E-state index is -0.743. The van der Waals surface area contributed by atoms with E-state index < -0.39 is 17.8 Å². The molecule has 0 aromatic carbocycles. The van der Waals surface area contributed by atoms with Gasteiger partial charge in [0.1, 0.15) is 0 Å². The number of nitrogens with one attached hydrogen (secondary N) is 1. The second-order valence-electron chi connectivity index (χ2n) is 3.79. The van der Waals surface area contributed by atoms with Crippen LogP contribution in [0.15, 0.2) is 4.99 Å². The largest absolute Gasteiger partial charge is 0.483 e. The smallest absolute Gasteiger partial charge is 0.336 e. The van der Waals surface area contributed by atoms with Crippen molar-refractivity contribution in [2.24, 2.45) is 4.99 Å². The minimum Gasteiger partial charge on any atom is -0.483 e. The number of rotatable bonds is 10.